The van der Waals surface area contributed by atoms with E-state index in [9.17, 15) is 4.79 Å². The molecule has 1 aliphatic rings. The molecule has 3 heterocycles. The molecule has 3 aromatic rings. The molecule has 0 unspecified atom stereocenters. The van der Waals surface area contributed by atoms with Crippen LogP contribution in [0.5, 0.6) is 0 Å². The summed E-state index contributed by atoms with van der Waals surface area (Å²) in [7, 11) is 0. The lowest BCUT2D eigenvalue weighted by Gasteiger charge is -2.19. The van der Waals surface area contributed by atoms with Gasteiger partial charge in [0, 0.05) is 36.7 Å². The number of rotatable bonds is 5. The van der Waals surface area contributed by atoms with Crippen molar-refractivity contribution in [1.82, 2.24) is 14.6 Å². The van der Waals surface area contributed by atoms with Crippen molar-refractivity contribution in [2.45, 2.75) is 26.2 Å². The summed E-state index contributed by atoms with van der Waals surface area (Å²) in [5.74, 6) is 0. The van der Waals surface area contributed by atoms with Gasteiger partial charge in [0.15, 0.2) is 0 Å². The van der Waals surface area contributed by atoms with E-state index in [1.54, 1.807) is 0 Å². The largest absolute Gasteiger partial charge is 0.371 e. The van der Waals surface area contributed by atoms with Crippen LogP contribution >= 0.6 is 11.3 Å². The molecule has 6 nitrogen and oxygen atoms in total. The fourth-order valence-electron chi connectivity index (χ4n) is 3.02. The van der Waals surface area contributed by atoms with Crippen LogP contribution in [-0.4, -0.2) is 27.7 Å². The van der Waals surface area contributed by atoms with Gasteiger partial charge in [0.25, 0.3) is 5.56 Å². The average molecular weight is 341 g/mol. The number of hydrogen-bond donors (Lipinski definition) is 1. The maximum Gasteiger partial charge on any atom is 0.275 e. The van der Waals surface area contributed by atoms with Crippen LogP contribution in [0, 0.1) is 0 Å². The molecule has 7 heteroatoms. The van der Waals surface area contributed by atoms with Gasteiger partial charge in [-0.15, -0.1) is 5.10 Å². The highest BCUT2D eigenvalue weighted by Crippen LogP contribution is 2.32. The summed E-state index contributed by atoms with van der Waals surface area (Å²) >= 11 is 1.37. The lowest BCUT2D eigenvalue weighted by atomic mass is 10.1. The highest BCUT2D eigenvalue weighted by molar-refractivity contribution is 7.20. The topological polar surface area (TPSA) is 62.5 Å². The van der Waals surface area contributed by atoms with Crippen LogP contribution in [0.25, 0.3) is 4.96 Å². The summed E-state index contributed by atoms with van der Waals surface area (Å²) < 4.78 is 1.33. The van der Waals surface area contributed by atoms with E-state index in [0.29, 0.717) is 10.1 Å². The van der Waals surface area contributed by atoms with Gasteiger partial charge in [0.1, 0.15) is 0 Å². The van der Waals surface area contributed by atoms with Crippen molar-refractivity contribution >= 4 is 32.8 Å². The van der Waals surface area contributed by atoms with Gasteiger partial charge in [0.05, 0.1) is 0 Å². The summed E-state index contributed by atoms with van der Waals surface area (Å²) in [4.78, 5) is 19.0. The Balaban J connectivity index is 1.60. The molecule has 0 amide bonds. The van der Waals surface area contributed by atoms with Crippen LogP contribution in [-0.2, 0) is 6.42 Å². The third kappa shape index (κ3) is 2.75. The smallest absolute Gasteiger partial charge is 0.275 e. The van der Waals surface area contributed by atoms with Crippen molar-refractivity contribution < 1.29 is 0 Å². The Labute approximate surface area is 143 Å². The summed E-state index contributed by atoms with van der Waals surface area (Å²) in [5.41, 5.74) is 3.54. The molecule has 0 spiro atoms. The predicted molar refractivity (Wildman–Crippen MR) is 97.7 cm³/mol. The number of nitrogens with one attached hydrogen (secondary N) is 1. The van der Waals surface area contributed by atoms with Crippen molar-refractivity contribution in [3.05, 3.63) is 46.4 Å². The zero-order chi connectivity index (χ0) is 16.5. The molecule has 1 aliphatic heterocycles. The third-order valence-corrected chi connectivity index (χ3v) is 5.12. The minimum atomic E-state index is -0.163. The first-order chi connectivity index (χ1) is 11.7. The second kappa shape index (κ2) is 6.24. The maximum atomic E-state index is 11.8. The van der Waals surface area contributed by atoms with Crippen LogP contribution in [0.1, 0.15) is 25.3 Å². The number of fused-ring (bicyclic) bond motifs is 2. The van der Waals surface area contributed by atoms with E-state index in [4.69, 9.17) is 0 Å². The summed E-state index contributed by atoms with van der Waals surface area (Å²) in [5, 5.41) is 8.28. The van der Waals surface area contributed by atoms with E-state index in [2.05, 4.69) is 45.4 Å². The van der Waals surface area contributed by atoms with Gasteiger partial charge >= 0.3 is 0 Å². The van der Waals surface area contributed by atoms with Gasteiger partial charge in [-0.25, -0.2) is 4.98 Å². The van der Waals surface area contributed by atoms with Crippen molar-refractivity contribution in [3.8, 4) is 0 Å². The first-order valence-corrected chi connectivity index (χ1v) is 9.06. The number of anilines is 3. The molecule has 0 fully saturated rings. The highest BCUT2D eigenvalue weighted by atomic mass is 32.1. The average Bonchev–Trinajstić information content (AvgIpc) is 3.17. The predicted octanol–water partition coefficient (Wildman–Crippen LogP) is 3.06. The molecule has 124 valence electrons. The standard InChI is InChI=1S/C17H19N5OS/c1-2-3-9-21-10-7-12-4-5-13(11-14(12)21)19-16-20-22-15(23)6-8-18-17(22)24-16/h4-6,8,11H,2-3,7,9-10H2,1H3,(H,19,20). The van der Waals surface area contributed by atoms with Gasteiger partial charge in [-0.1, -0.05) is 30.7 Å². The van der Waals surface area contributed by atoms with Crippen LogP contribution in [0.15, 0.2) is 35.3 Å². The van der Waals surface area contributed by atoms with E-state index >= 15 is 0 Å². The van der Waals surface area contributed by atoms with Crippen LogP contribution in [0.4, 0.5) is 16.5 Å². The lowest BCUT2D eigenvalue weighted by molar-refractivity contribution is 0.736. The second-order valence-electron chi connectivity index (χ2n) is 5.94. The number of hydrogen-bond acceptors (Lipinski definition) is 6. The maximum absolute atomic E-state index is 11.8. The van der Waals surface area contributed by atoms with Crippen molar-refractivity contribution in [3.63, 3.8) is 0 Å². The lowest BCUT2D eigenvalue weighted by Crippen LogP contribution is -2.21. The zero-order valence-electron chi connectivity index (χ0n) is 13.5. The highest BCUT2D eigenvalue weighted by Gasteiger charge is 2.19. The number of aromatic nitrogens is 3. The molecule has 0 radical (unpaired) electrons. The molecule has 2 aromatic heterocycles. The van der Waals surface area contributed by atoms with Gasteiger partial charge in [-0.2, -0.15) is 4.52 Å². The Hall–Kier alpha value is -2.41. The van der Waals surface area contributed by atoms with Gasteiger partial charge in [0.2, 0.25) is 10.1 Å². The first kappa shape index (κ1) is 15.1. The molecule has 0 aliphatic carbocycles. The minimum absolute atomic E-state index is 0.163. The molecule has 1 N–H and O–H groups in total. The monoisotopic (exact) mass is 341 g/mol. The fourth-order valence-corrected chi connectivity index (χ4v) is 3.82. The normalized spacial score (nSPS) is 13.5. The van der Waals surface area contributed by atoms with E-state index in [-0.39, 0.29) is 5.56 Å². The Morgan fingerprint density at radius 2 is 2.25 bits per heavy atom. The molecule has 0 saturated heterocycles. The van der Waals surface area contributed by atoms with Crippen LogP contribution in [0.3, 0.4) is 0 Å². The summed E-state index contributed by atoms with van der Waals surface area (Å²) in [6.07, 6.45) is 5.04. The van der Waals surface area contributed by atoms with E-state index in [1.165, 1.54) is 52.2 Å². The van der Waals surface area contributed by atoms with Crippen molar-refractivity contribution in [2.24, 2.45) is 0 Å². The molecule has 0 saturated carbocycles. The Bertz CT molecular complexity index is 932. The third-order valence-electron chi connectivity index (χ3n) is 4.28. The molecule has 24 heavy (non-hydrogen) atoms. The second-order valence-corrected chi connectivity index (χ2v) is 6.90. The SMILES string of the molecule is CCCCN1CCc2ccc(Nc3nn4c(=O)ccnc4s3)cc21. The zero-order valence-corrected chi connectivity index (χ0v) is 14.3. The minimum Gasteiger partial charge on any atom is -0.371 e. The van der Waals surface area contributed by atoms with Crippen LogP contribution < -0.4 is 15.8 Å². The number of unbranched alkanes of at least 4 members (excludes halogenated alkanes) is 1. The molecule has 0 bridgehead atoms. The van der Waals surface area contributed by atoms with Crippen LogP contribution in [0.2, 0.25) is 0 Å². The molecule has 4 rings (SSSR count). The quantitative estimate of drug-likeness (QED) is 0.773. The van der Waals surface area contributed by atoms with Crippen molar-refractivity contribution in [1.29, 1.82) is 0 Å². The first-order valence-electron chi connectivity index (χ1n) is 8.24. The van der Waals surface area contributed by atoms with Gasteiger partial charge < -0.3 is 10.2 Å². The summed E-state index contributed by atoms with van der Waals surface area (Å²) in [6.45, 7) is 4.42. The number of benzene rings is 1. The molecule has 1 aromatic carbocycles. The molecular formula is C17H19N5OS. The Morgan fingerprint density at radius 3 is 3.08 bits per heavy atom. The Kier molecular flexibility index (Phi) is 3.93. The molecule has 0 atom stereocenters. The van der Waals surface area contributed by atoms with Gasteiger partial charge in [-0.3, -0.25) is 4.79 Å². The Morgan fingerprint density at radius 1 is 1.33 bits per heavy atom. The van der Waals surface area contributed by atoms with E-state index in [0.717, 1.165) is 25.2 Å². The van der Waals surface area contributed by atoms with Crippen molar-refractivity contribution in [2.75, 3.05) is 23.3 Å². The van der Waals surface area contributed by atoms with Gasteiger partial charge in [-0.05, 0) is 30.5 Å². The van der Waals surface area contributed by atoms with E-state index in [1.807, 2.05) is 0 Å². The summed E-state index contributed by atoms with van der Waals surface area (Å²) in [6, 6.07) is 7.85. The van der Waals surface area contributed by atoms with E-state index < -0.39 is 0 Å². The molecular weight excluding hydrogens is 322 g/mol. The fraction of sp³-hybridized carbons (Fsp3) is 0.353. The number of nitrogens with zero attached hydrogens (tertiary/aromatic N) is 4.